The van der Waals surface area contributed by atoms with Gasteiger partial charge >= 0.3 is 18.3 Å². The summed E-state index contributed by atoms with van der Waals surface area (Å²) < 4.78 is 95.5. The number of fused-ring (bicyclic) bond motifs is 2. The Balaban J connectivity index is 1.62. The SMILES string of the molecule is CC(C)(C)OC(=O)C1CC2(c3ccccc3)C(OC(CI)c3cc(C(F)(F)F)cc(C(F)(F)F)c3)CCC1N2Cc1ccccc1. The van der Waals surface area contributed by atoms with Crippen molar-refractivity contribution in [2.45, 2.75) is 88.3 Å². The third-order valence-electron chi connectivity index (χ3n) is 8.80. The van der Waals surface area contributed by atoms with Gasteiger partial charge in [0.25, 0.3) is 0 Å². The van der Waals surface area contributed by atoms with Crippen LogP contribution in [-0.2, 0) is 38.7 Å². The molecule has 2 heterocycles. The third kappa shape index (κ3) is 7.26. The predicted molar refractivity (Wildman–Crippen MR) is 170 cm³/mol. The molecule has 5 unspecified atom stereocenters. The van der Waals surface area contributed by atoms with E-state index >= 15 is 0 Å². The number of carbonyl (C=O) groups excluding carboxylic acids is 1. The maximum absolute atomic E-state index is 13.8. The molecule has 0 aliphatic carbocycles. The number of rotatable bonds is 8. The maximum atomic E-state index is 13.8. The number of piperidine rings is 1. The number of carbonyl (C=O) groups is 1. The molecule has 0 spiro atoms. The predicted octanol–water partition coefficient (Wildman–Crippen LogP) is 9.51. The second-order valence-electron chi connectivity index (χ2n) is 13.0. The molecule has 3 aromatic rings. The number of alkyl halides is 7. The van der Waals surface area contributed by atoms with Crippen LogP contribution in [0.25, 0.3) is 0 Å². The minimum Gasteiger partial charge on any atom is -0.460 e. The van der Waals surface area contributed by atoms with Crippen molar-refractivity contribution in [3.8, 4) is 0 Å². The zero-order valence-electron chi connectivity index (χ0n) is 25.7. The van der Waals surface area contributed by atoms with Gasteiger partial charge in [0.15, 0.2) is 0 Å². The fourth-order valence-electron chi connectivity index (χ4n) is 6.94. The molecule has 2 fully saturated rings. The van der Waals surface area contributed by atoms with E-state index in [1.807, 2.05) is 104 Å². The Bertz CT molecular complexity index is 1480. The normalized spacial score (nSPS) is 24.5. The first-order valence-electron chi connectivity index (χ1n) is 15.1. The minimum atomic E-state index is -4.98. The highest BCUT2D eigenvalue weighted by molar-refractivity contribution is 14.1. The Morgan fingerprint density at radius 2 is 1.46 bits per heavy atom. The molecule has 0 N–H and O–H groups in total. The summed E-state index contributed by atoms with van der Waals surface area (Å²) in [5.74, 6) is -0.868. The number of esters is 1. The van der Waals surface area contributed by atoms with Gasteiger partial charge in [0.05, 0.1) is 34.8 Å². The van der Waals surface area contributed by atoms with Crippen LogP contribution >= 0.6 is 22.6 Å². The van der Waals surface area contributed by atoms with Crippen molar-refractivity contribution in [3.05, 3.63) is 107 Å². The highest BCUT2D eigenvalue weighted by Gasteiger charge is 2.62. The lowest BCUT2D eigenvalue weighted by Crippen LogP contribution is -2.57. The zero-order valence-corrected chi connectivity index (χ0v) is 27.8. The molecule has 3 aromatic carbocycles. The molecule has 0 saturated carbocycles. The lowest BCUT2D eigenvalue weighted by molar-refractivity contribution is -0.161. The van der Waals surface area contributed by atoms with Gasteiger partial charge in [-0.1, -0.05) is 83.3 Å². The molecule has 0 radical (unpaired) electrons. The largest absolute Gasteiger partial charge is 0.460 e. The molecule has 4 nitrogen and oxygen atoms in total. The first kappa shape index (κ1) is 34.7. The first-order valence-corrected chi connectivity index (χ1v) is 16.7. The molecule has 2 saturated heterocycles. The van der Waals surface area contributed by atoms with Gasteiger partial charge in [-0.15, -0.1) is 0 Å². The van der Waals surface area contributed by atoms with Crippen LogP contribution in [-0.4, -0.2) is 33.0 Å². The molecule has 2 aliphatic rings. The number of benzene rings is 3. The van der Waals surface area contributed by atoms with Gasteiger partial charge in [-0.05, 0) is 74.9 Å². The van der Waals surface area contributed by atoms with Crippen LogP contribution in [0, 0.1) is 5.92 Å². The lowest BCUT2D eigenvalue weighted by Gasteiger charge is -2.51. The molecule has 0 amide bonds. The summed E-state index contributed by atoms with van der Waals surface area (Å²) in [7, 11) is 0. The number of ether oxygens (including phenoxy) is 2. The molecule has 11 heteroatoms. The van der Waals surface area contributed by atoms with E-state index in [0.717, 1.165) is 23.3 Å². The fourth-order valence-corrected chi connectivity index (χ4v) is 7.65. The second-order valence-corrected chi connectivity index (χ2v) is 13.9. The van der Waals surface area contributed by atoms with E-state index in [9.17, 15) is 31.1 Å². The van der Waals surface area contributed by atoms with E-state index in [1.165, 1.54) is 0 Å². The summed E-state index contributed by atoms with van der Waals surface area (Å²) in [6.45, 7) is 5.88. The minimum absolute atomic E-state index is 0.106. The monoisotopic (exact) mass is 759 g/mol. The third-order valence-corrected chi connectivity index (χ3v) is 9.60. The standard InChI is InChI=1S/C35H36F6INO3/c1-32(2,3)46-31(44)27-19-33(24-12-8-5-9-13-24)30(15-14-28(27)43(33)21-22-10-6-4-7-11-22)45-29(20-42)23-16-25(34(36,37)38)18-26(17-23)35(39,40)41/h4-13,16-18,27-30H,14-15,19-21H2,1-3H3. The Morgan fingerprint density at radius 1 is 0.891 bits per heavy atom. The van der Waals surface area contributed by atoms with Crippen LogP contribution in [0.3, 0.4) is 0 Å². The van der Waals surface area contributed by atoms with Crippen LogP contribution in [0.4, 0.5) is 26.3 Å². The Hall–Kier alpha value is -2.64. The highest BCUT2D eigenvalue weighted by Crippen LogP contribution is 2.56. The number of hydrogen-bond acceptors (Lipinski definition) is 4. The average Bonchev–Trinajstić information content (AvgIpc) is 3.20. The molecule has 2 bridgehead atoms. The molecule has 5 atom stereocenters. The molecule has 248 valence electrons. The topological polar surface area (TPSA) is 38.8 Å². The quantitative estimate of drug-likeness (QED) is 0.0994. The van der Waals surface area contributed by atoms with Gasteiger partial charge < -0.3 is 9.47 Å². The molecular weight excluding hydrogens is 723 g/mol. The Labute approximate surface area is 278 Å². The van der Waals surface area contributed by atoms with Crippen molar-refractivity contribution in [1.82, 2.24) is 4.90 Å². The van der Waals surface area contributed by atoms with Crippen molar-refractivity contribution in [3.63, 3.8) is 0 Å². The van der Waals surface area contributed by atoms with Gasteiger partial charge in [0, 0.05) is 17.0 Å². The molecule has 2 aliphatic heterocycles. The van der Waals surface area contributed by atoms with Gasteiger partial charge in [-0.2, -0.15) is 26.3 Å². The van der Waals surface area contributed by atoms with Gasteiger partial charge in [-0.3, -0.25) is 9.69 Å². The summed E-state index contributed by atoms with van der Waals surface area (Å²) >= 11 is 1.94. The Kier molecular flexibility index (Phi) is 9.88. The summed E-state index contributed by atoms with van der Waals surface area (Å²) in [5, 5.41) is 0. The van der Waals surface area contributed by atoms with Crippen LogP contribution in [0.2, 0.25) is 0 Å². The van der Waals surface area contributed by atoms with Crippen LogP contribution in [0.15, 0.2) is 78.9 Å². The van der Waals surface area contributed by atoms with Crippen molar-refractivity contribution in [2.75, 3.05) is 4.43 Å². The van der Waals surface area contributed by atoms with Gasteiger partial charge in [0.1, 0.15) is 5.60 Å². The van der Waals surface area contributed by atoms with Gasteiger partial charge in [-0.25, -0.2) is 0 Å². The van der Waals surface area contributed by atoms with Crippen molar-refractivity contribution in [1.29, 1.82) is 0 Å². The number of hydrogen-bond donors (Lipinski definition) is 0. The van der Waals surface area contributed by atoms with Crippen LogP contribution < -0.4 is 0 Å². The second kappa shape index (κ2) is 13.1. The fraction of sp³-hybridized carbons (Fsp3) is 0.457. The van der Waals surface area contributed by atoms with E-state index in [2.05, 4.69) is 4.90 Å². The summed E-state index contributed by atoms with van der Waals surface area (Å²) in [4.78, 5) is 16.0. The molecule has 5 rings (SSSR count). The van der Waals surface area contributed by atoms with Gasteiger partial charge in [0.2, 0.25) is 0 Å². The summed E-state index contributed by atoms with van der Waals surface area (Å²) in [6, 6.07) is 20.7. The molecule has 46 heavy (non-hydrogen) atoms. The van der Waals surface area contributed by atoms with Crippen molar-refractivity contribution < 1.29 is 40.6 Å². The highest BCUT2D eigenvalue weighted by atomic mass is 127. The van der Waals surface area contributed by atoms with Crippen molar-refractivity contribution in [2.24, 2.45) is 5.92 Å². The maximum Gasteiger partial charge on any atom is 0.416 e. The van der Waals surface area contributed by atoms with E-state index < -0.39 is 52.7 Å². The van der Waals surface area contributed by atoms with E-state index in [0.29, 0.717) is 25.8 Å². The van der Waals surface area contributed by atoms with Crippen LogP contribution in [0.1, 0.15) is 74.0 Å². The van der Waals surface area contributed by atoms with E-state index in [-0.39, 0.29) is 28.1 Å². The molecular formula is C35H36F6INO3. The first-order chi connectivity index (χ1) is 21.5. The van der Waals surface area contributed by atoms with E-state index in [4.69, 9.17) is 9.47 Å². The lowest BCUT2D eigenvalue weighted by atomic mass is 9.78. The summed E-state index contributed by atoms with van der Waals surface area (Å²) in [6.07, 6.45) is -10.4. The average molecular weight is 760 g/mol. The number of nitrogens with zero attached hydrogens (tertiary/aromatic N) is 1. The number of halogens is 7. The van der Waals surface area contributed by atoms with E-state index in [1.54, 1.807) is 0 Å². The molecule has 0 aromatic heterocycles. The van der Waals surface area contributed by atoms with Crippen LogP contribution in [0.5, 0.6) is 0 Å². The smallest absolute Gasteiger partial charge is 0.416 e. The van der Waals surface area contributed by atoms with Crippen molar-refractivity contribution >= 4 is 28.6 Å². The zero-order chi connectivity index (χ0) is 33.5. The summed E-state index contributed by atoms with van der Waals surface area (Å²) in [5.41, 5.74) is -2.74. The Morgan fingerprint density at radius 3 is 1.98 bits per heavy atom.